The first kappa shape index (κ1) is 20.4. The van der Waals surface area contributed by atoms with Crippen LogP contribution in [0.3, 0.4) is 0 Å². The van der Waals surface area contributed by atoms with Gasteiger partial charge in [0.2, 0.25) is 5.91 Å². The zero-order valence-corrected chi connectivity index (χ0v) is 18.3. The van der Waals surface area contributed by atoms with Crippen LogP contribution in [-0.4, -0.2) is 27.4 Å². The van der Waals surface area contributed by atoms with Gasteiger partial charge in [0.1, 0.15) is 0 Å². The zero-order chi connectivity index (χ0) is 21.1. The van der Waals surface area contributed by atoms with Crippen molar-refractivity contribution in [2.24, 2.45) is 10.2 Å². The number of hydrogen-bond donors (Lipinski definition) is 0. The molecule has 0 aromatic heterocycles. The van der Waals surface area contributed by atoms with E-state index in [-0.39, 0.29) is 11.2 Å². The van der Waals surface area contributed by atoms with Crippen LogP contribution in [-0.2, 0) is 11.3 Å². The number of thioether (sulfide) groups is 1. The van der Waals surface area contributed by atoms with Gasteiger partial charge in [0.15, 0.2) is 5.17 Å². The highest BCUT2D eigenvalue weighted by atomic mass is 32.2. The molecule has 1 amide bonds. The number of carbonyl (C=O) groups excluding carboxylic acids is 1. The molecule has 30 heavy (non-hydrogen) atoms. The van der Waals surface area contributed by atoms with E-state index in [1.807, 2.05) is 31.2 Å². The monoisotopic (exact) mass is 415 g/mol. The zero-order valence-electron chi connectivity index (χ0n) is 17.5. The van der Waals surface area contributed by atoms with E-state index in [9.17, 15) is 4.79 Å². The Hall–Kier alpha value is -2.92. The number of nitrogens with zero attached hydrogens (tertiary/aromatic N) is 3. The molecular weight excluding hydrogens is 390 g/mol. The average Bonchev–Trinajstić information content (AvgIpc) is 3.05. The summed E-state index contributed by atoms with van der Waals surface area (Å²) in [6.07, 6.45) is 2.54. The van der Waals surface area contributed by atoms with Gasteiger partial charge in [-0.25, -0.2) is 0 Å². The van der Waals surface area contributed by atoms with Crippen LogP contribution >= 0.6 is 11.8 Å². The summed E-state index contributed by atoms with van der Waals surface area (Å²) < 4.78 is 0. The molecule has 0 bridgehead atoms. The lowest BCUT2D eigenvalue weighted by molar-refractivity contribution is -0.126. The molecule has 0 N–H and O–H groups in total. The number of amidine groups is 1. The Kier molecular flexibility index (Phi) is 6.00. The summed E-state index contributed by atoms with van der Waals surface area (Å²) >= 11 is 1.51. The van der Waals surface area contributed by atoms with Crippen LogP contribution in [0, 0.1) is 13.8 Å². The summed E-state index contributed by atoms with van der Waals surface area (Å²) in [6, 6.07) is 20.7. The van der Waals surface area contributed by atoms with Gasteiger partial charge in [-0.05, 0) is 47.7 Å². The predicted octanol–water partition coefficient (Wildman–Crippen LogP) is 5.70. The summed E-state index contributed by atoms with van der Waals surface area (Å²) in [7, 11) is 0. The minimum Gasteiger partial charge on any atom is -0.284 e. The van der Waals surface area contributed by atoms with E-state index in [4.69, 9.17) is 0 Å². The molecule has 0 unspecified atom stereocenters. The van der Waals surface area contributed by atoms with Crippen molar-refractivity contribution in [3.8, 4) is 0 Å². The largest absolute Gasteiger partial charge is 0.284 e. The topological polar surface area (TPSA) is 45.0 Å². The first-order valence-corrected chi connectivity index (χ1v) is 11.1. The summed E-state index contributed by atoms with van der Waals surface area (Å²) in [5.41, 5.74) is 4.53. The normalized spacial score (nSPS) is 18.2. The number of hydrogen-bond acceptors (Lipinski definition) is 4. The predicted molar refractivity (Wildman–Crippen MR) is 127 cm³/mol. The Morgan fingerprint density at radius 2 is 1.87 bits per heavy atom. The van der Waals surface area contributed by atoms with Crippen LogP contribution in [0.25, 0.3) is 10.8 Å². The Balaban J connectivity index is 1.63. The summed E-state index contributed by atoms with van der Waals surface area (Å²) in [5.74, 6) is 0.107. The minimum atomic E-state index is -0.102. The van der Waals surface area contributed by atoms with E-state index in [2.05, 4.69) is 60.4 Å². The standard InChI is InChI=1S/C25H25N3OS/c1-4-23-24(29)28(16-21-10-7-9-19-8-5-6-11-22(19)21)25(30-23)27-26-15-20-13-12-17(2)14-18(20)3/h5-15,23H,4,16H2,1-3H3/b26-15-,27-25-/t23-/m1/s1. The van der Waals surface area contributed by atoms with Crippen molar-refractivity contribution in [3.05, 3.63) is 82.9 Å². The lowest BCUT2D eigenvalue weighted by Gasteiger charge is -2.17. The van der Waals surface area contributed by atoms with E-state index in [0.29, 0.717) is 11.7 Å². The molecule has 0 saturated carbocycles. The molecular formula is C25H25N3OS. The van der Waals surface area contributed by atoms with Gasteiger partial charge in [0.05, 0.1) is 18.0 Å². The molecule has 0 aliphatic carbocycles. The van der Waals surface area contributed by atoms with Gasteiger partial charge in [-0.15, -0.1) is 5.10 Å². The Morgan fingerprint density at radius 1 is 1.07 bits per heavy atom. The fraction of sp³-hybridized carbons (Fsp3) is 0.240. The highest BCUT2D eigenvalue weighted by Gasteiger charge is 2.37. The molecule has 0 spiro atoms. The molecule has 4 rings (SSSR count). The Bertz CT molecular complexity index is 1150. The van der Waals surface area contributed by atoms with E-state index in [1.54, 1.807) is 11.1 Å². The highest BCUT2D eigenvalue weighted by Crippen LogP contribution is 2.32. The van der Waals surface area contributed by atoms with Crippen LogP contribution < -0.4 is 0 Å². The van der Waals surface area contributed by atoms with Crippen molar-refractivity contribution >= 4 is 39.8 Å². The third-order valence-corrected chi connectivity index (χ3v) is 6.70. The van der Waals surface area contributed by atoms with Gasteiger partial charge < -0.3 is 0 Å². The number of fused-ring (bicyclic) bond motifs is 1. The van der Waals surface area contributed by atoms with Crippen molar-refractivity contribution < 1.29 is 4.79 Å². The molecule has 4 nitrogen and oxygen atoms in total. The van der Waals surface area contributed by atoms with Gasteiger partial charge in [-0.1, -0.05) is 84.9 Å². The van der Waals surface area contributed by atoms with E-state index >= 15 is 0 Å². The van der Waals surface area contributed by atoms with Crippen LogP contribution in [0.1, 0.15) is 35.6 Å². The average molecular weight is 416 g/mol. The molecule has 5 heteroatoms. The summed E-state index contributed by atoms with van der Waals surface area (Å²) in [5, 5.41) is 11.7. The second-order valence-corrected chi connectivity index (χ2v) is 8.73. The van der Waals surface area contributed by atoms with Gasteiger partial charge >= 0.3 is 0 Å². The SMILES string of the molecule is CC[C@H]1S/C(=N\N=C/c2ccc(C)cc2C)N(Cc2cccc3ccccc23)C1=O. The fourth-order valence-corrected chi connectivity index (χ4v) is 4.73. The van der Waals surface area contributed by atoms with Crippen LogP contribution in [0.15, 0.2) is 70.9 Å². The molecule has 0 radical (unpaired) electrons. The molecule has 1 atom stereocenters. The summed E-state index contributed by atoms with van der Waals surface area (Å²) in [4.78, 5) is 14.8. The third kappa shape index (κ3) is 4.17. The Morgan fingerprint density at radius 3 is 2.67 bits per heavy atom. The van der Waals surface area contributed by atoms with Crippen LogP contribution in [0.5, 0.6) is 0 Å². The molecule has 1 fully saturated rings. The third-order valence-electron chi connectivity index (χ3n) is 5.36. The van der Waals surface area contributed by atoms with E-state index < -0.39 is 0 Å². The molecule has 3 aromatic carbocycles. The first-order chi connectivity index (χ1) is 14.6. The first-order valence-electron chi connectivity index (χ1n) is 10.2. The molecule has 1 aliphatic heterocycles. The van der Waals surface area contributed by atoms with Crippen molar-refractivity contribution in [1.82, 2.24) is 4.90 Å². The lowest BCUT2D eigenvalue weighted by Crippen LogP contribution is -2.31. The van der Waals surface area contributed by atoms with Gasteiger partial charge in [0, 0.05) is 0 Å². The number of aryl methyl sites for hydroxylation is 2. The van der Waals surface area contributed by atoms with E-state index in [1.165, 1.54) is 22.7 Å². The number of carbonyl (C=O) groups is 1. The van der Waals surface area contributed by atoms with Crippen molar-refractivity contribution in [2.75, 3.05) is 0 Å². The second-order valence-electron chi connectivity index (χ2n) is 7.56. The van der Waals surface area contributed by atoms with E-state index in [0.717, 1.165) is 28.5 Å². The maximum absolute atomic E-state index is 13.0. The van der Waals surface area contributed by atoms with Gasteiger partial charge in [0.25, 0.3) is 0 Å². The van der Waals surface area contributed by atoms with Gasteiger partial charge in [-0.3, -0.25) is 9.69 Å². The maximum atomic E-state index is 13.0. The lowest BCUT2D eigenvalue weighted by atomic mass is 10.0. The number of amides is 1. The van der Waals surface area contributed by atoms with Crippen molar-refractivity contribution in [2.45, 2.75) is 39.0 Å². The smallest absolute Gasteiger partial charge is 0.242 e. The highest BCUT2D eigenvalue weighted by molar-refractivity contribution is 8.15. The number of rotatable bonds is 5. The van der Waals surface area contributed by atoms with Gasteiger partial charge in [-0.2, -0.15) is 5.10 Å². The molecule has 3 aromatic rings. The number of benzene rings is 3. The van der Waals surface area contributed by atoms with Crippen molar-refractivity contribution in [1.29, 1.82) is 0 Å². The molecule has 1 heterocycles. The maximum Gasteiger partial charge on any atom is 0.242 e. The Labute approximate surface area is 181 Å². The molecule has 1 saturated heterocycles. The fourth-order valence-electron chi connectivity index (χ4n) is 3.70. The minimum absolute atomic E-state index is 0.102. The molecule has 1 aliphatic rings. The van der Waals surface area contributed by atoms with Crippen LogP contribution in [0.2, 0.25) is 0 Å². The van der Waals surface area contributed by atoms with Crippen molar-refractivity contribution in [3.63, 3.8) is 0 Å². The quantitative estimate of drug-likeness (QED) is 0.396. The summed E-state index contributed by atoms with van der Waals surface area (Å²) in [6.45, 7) is 6.68. The molecule has 152 valence electrons. The van der Waals surface area contributed by atoms with Crippen LogP contribution in [0.4, 0.5) is 0 Å². The second kappa shape index (κ2) is 8.84.